The minimum Gasteiger partial charge on any atom is -0.326 e. The van der Waals surface area contributed by atoms with E-state index in [4.69, 9.17) is 5.73 Å². The van der Waals surface area contributed by atoms with Crippen LogP contribution in [0.4, 0.5) is 8.78 Å². The summed E-state index contributed by atoms with van der Waals surface area (Å²) in [5.74, 6) is -0.776. The molecule has 1 heterocycles. The van der Waals surface area contributed by atoms with E-state index in [2.05, 4.69) is 4.90 Å². The average molecular weight is 240 g/mol. The minimum absolute atomic E-state index is 0.125. The summed E-state index contributed by atoms with van der Waals surface area (Å²) in [5, 5.41) is 0. The number of hydrogen-bond acceptors (Lipinski definition) is 2. The molecule has 94 valence electrons. The van der Waals surface area contributed by atoms with Crippen LogP contribution in [0.25, 0.3) is 0 Å². The number of halogens is 2. The predicted molar refractivity (Wildman–Crippen MR) is 63.6 cm³/mol. The average Bonchev–Trinajstić information content (AvgIpc) is 2.32. The van der Waals surface area contributed by atoms with Gasteiger partial charge in [-0.25, -0.2) is 8.78 Å². The number of rotatable bonds is 2. The fourth-order valence-corrected chi connectivity index (χ4v) is 2.62. The lowest BCUT2D eigenvalue weighted by molar-refractivity contribution is 0.132. The lowest BCUT2D eigenvalue weighted by Gasteiger charge is -2.39. The van der Waals surface area contributed by atoms with E-state index in [-0.39, 0.29) is 17.9 Å². The summed E-state index contributed by atoms with van der Waals surface area (Å²) < 4.78 is 27.0. The Hall–Kier alpha value is -1.00. The SMILES string of the molecule is CCN1CCCC(N)C1c1cc(F)ccc1F. The maximum absolute atomic E-state index is 13.8. The third-order valence-electron chi connectivity index (χ3n) is 3.46. The van der Waals surface area contributed by atoms with Crippen LogP contribution in [0.15, 0.2) is 18.2 Å². The van der Waals surface area contributed by atoms with Gasteiger partial charge in [0.05, 0.1) is 6.04 Å². The second kappa shape index (κ2) is 5.10. The summed E-state index contributed by atoms with van der Waals surface area (Å²) in [6.07, 6.45) is 1.87. The van der Waals surface area contributed by atoms with Gasteiger partial charge >= 0.3 is 0 Å². The second-order valence-electron chi connectivity index (χ2n) is 4.55. The topological polar surface area (TPSA) is 29.3 Å². The van der Waals surface area contributed by atoms with Crippen LogP contribution in [0.3, 0.4) is 0 Å². The molecule has 2 rings (SSSR count). The van der Waals surface area contributed by atoms with Crippen molar-refractivity contribution >= 4 is 0 Å². The summed E-state index contributed by atoms with van der Waals surface area (Å²) in [4.78, 5) is 2.12. The molecule has 0 aliphatic carbocycles. The standard InChI is InChI=1S/C13H18F2N2/c1-2-17-7-3-4-12(16)13(17)10-8-9(14)5-6-11(10)15/h5-6,8,12-13H,2-4,7,16H2,1H3. The highest BCUT2D eigenvalue weighted by molar-refractivity contribution is 5.24. The van der Waals surface area contributed by atoms with Crippen molar-refractivity contribution in [1.29, 1.82) is 0 Å². The Morgan fingerprint density at radius 3 is 2.88 bits per heavy atom. The molecule has 0 saturated carbocycles. The third kappa shape index (κ3) is 2.48. The van der Waals surface area contributed by atoms with Crippen molar-refractivity contribution < 1.29 is 8.78 Å². The van der Waals surface area contributed by atoms with Gasteiger partial charge in [-0.3, -0.25) is 4.90 Å². The maximum atomic E-state index is 13.8. The van der Waals surface area contributed by atoms with E-state index in [1.54, 1.807) is 0 Å². The highest BCUT2D eigenvalue weighted by Crippen LogP contribution is 2.31. The molecular formula is C13H18F2N2. The molecule has 2 nitrogen and oxygen atoms in total. The molecule has 1 saturated heterocycles. The van der Waals surface area contributed by atoms with Crippen LogP contribution in [0, 0.1) is 11.6 Å². The molecule has 1 aromatic rings. The third-order valence-corrected chi connectivity index (χ3v) is 3.46. The number of likely N-dealkylation sites (N-methyl/N-ethyl adjacent to an activating group) is 1. The Kier molecular flexibility index (Phi) is 3.74. The van der Waals surface area contributed by atoms with Gasteiger partial charge in [0.15, 0.2) is 0 Å². The van der Waals surface area contributed by atoms with E-state index in [1.165, 1.54) is 12.1 Å². The van der Waals surface area contributed by atoms with Crippen molar-refractivity contribution in [2.75, 3.05) is 13.1 Å². The zero-order valence-electron chi connectivity index (χ0n) is 10.00. The molecule has 4 heteroatoms. The van der Waals surface area contributed by atoms with Gasteiger partial charge in [0.25, 0.3) is 0 Å². The smallest absolute Gasteiger partial charge is 0.128 e. The van der Waals surface area contributed by atoms with Crippen LogP contribution in [0.1, 0.15) is 31.4 Å². The minimum atomic E-state index is -0.407. The van der Waals surface area contributed by atoms with Crippen molar-refractivity contribution in [3.63, 3.8) is 0 Å². The molecule has 1 fully saturated rings. The number of hydrogen-bond donors (Lipinski definition) is 1. The van der Waals surface area contributed by atoms with Gasteiger partial charge in [0, 0.05) is 11.6 Å². The van der Waals surface area contributed by atoms with Crippen molar-refractivity contribution in [3.05, 3.63) is 35.4 Å². The molecule has 1 aliphatic rings. The molecule has 17 heavy (non-hydrogen) atoms. The van der Waals surface area contributed by atoms with Crippen molar-refractivity contribution in [2.45, 2.75) is 31.8 Å². The summed E-state index contributed by atoms with van der Waals surface area (Å²) in [6.45, 7) is 3.71. The highest BCUT2D eigenvalue weighted by Gasteiger charge is 2.31. The van der Waals surface area contributed by atoms with Crippen LogP contribution in [0.5, 0.6) is 0 Å². The molecule has 0 bridgehead atoms. The molecular weight excluding hydrogens is 222 g/mol. The van der Waals surface area contributed by atoms with E-state index in [9.17, 15) is 8.78 Å². The zero-order chi connectivity index (χ0) is 12.4. The lowest BCUT2D eigenvalue weighted by Crippen LogP contribution is -2.46. The van der Waals surface area contributed by atoms with Crippen LogP contribution in [-0.4, -0.2) is 24.0 Å². The van der Waals surface area contributed by atoms with Gasteiger partial charge in [0.1, 0.15) is 11.6 Å². The van der Waals surface area contributed by atoms with Crippen molar-refractivity contribution in [2.24, 2.45) is 5.73 Å². The van der Waals surface area contributed by atoms with Crippen LogP contribution in [-0.2, 0) is 0 Å². The molecule has 0 amide bonds. The van der Waals surface area contributed by atoms with Crippen molar-refractivity contribution in [1.82, 2.24) is 4.90 Å². The van der Waals surface area contributed by atoms with Crippen LogP contribution >= 0.6 is 0 Å². The van der Waals surface area contributed by atoms with E-state index in [0.29, 0.717) is 5.56 Å². The van der Waals surface area contributed by atoms with E-state index in [1.807, 2.05) is 6.92 Å². The first kappa shape index (κ1) is 12.5. The lowest BCUT2D eigenvalue weighted by atomic mass is 9.90. The molecule has 0 radical (unpaired) electrons. The molecule has 0 aromatic heterocycles. The van der Waals surface area contributed by atoms with Gasteiger partial charge in [-0.2, -0.15) is 0 Å². The summed E-state index contributed by atoms with van der Waals surface area (Å²) in [6, 6.07) is 3.27. The summed E-state index contributed by atoms with van der Waals surface area (Å²) in [5.41, 5.74) is 6.45. The molecule has 2 atom stereocenters. The quantitative estimate of drug-likeness (QED) is 0.860. The first-order valence-electron chi connectivity index (χ1n) is 6.08. The second-order valence-corrected chi connectivity index (χ2v) is 4.55. The normalized spacial score (nSPS) is 26.1. The van der Waals surface area contributed by atoms with E-state index >= 15 is 0 Å². The van der Waals surface area contributed by atoms with Gasteiger partial charge in [-0.15, -0.1) is 0 Å². The summed E-state index contributed by atoms with van der Waals surface area (Å²) in [7, 11) is 0. The number of likely N-dealkylation sites (tertiary alicyclic amines) is 1. The van der Waals surface area contributed by atoms with Crippen molar-refractivity contribution in [3.8, 4) is 0 Å². The molecule has 0 spiro atoms. The predicted octanol–water partition coefficient (Wildman–Crippen LogP) is 2.45. The summed E-state index contributed by atoms with van der Waals surface area (Å²) >= 11 is 0. The van der Waals surface area contributed by atoms with Gasteiger partial charge < -0.3 is 5.73 Å². The number of nitrogens with zero attached hydrogens (tertiary/aromatic N) is 1. The maximum Gasteiger partial charge on any atom is 0.128 e. The molecule has 2 unspecified atom stereocenters. The number of benzene rings is 1. The molecule has 2 N–H and O–H groups in total. The first-order valence-corrected chi connectivity index (χ1v) is 6.08. The number of nitrogens with two attached hydrogens (primary N) is 1. The fraction of sp³-hybridized carbons (Fsp3) is 0.538. The van der Waals surface area contributed by atoms with Gasteiger partial charge in [-0.1, -0.05) is 6.92 Å². The monoisotopic (exact) mass is 240 g/mol. The molecule has 1 aromatic carbocycles. The largest absolute Gasteiger partial charge is 0.326 e. The Morgan fingerprint density at radius 1 is 1.41 bits per heavy atom. The fourth-order valence-electron chi connectivity index (χ4n) is 2.62. The van der Waals surface area contributed by atoms with E-state index in [0.717, 1.165) is 32.0 Å². The highest BCUT2D eigenvalue weighted by atomic mass is 19.1. The van der Waals surface area contributed by atoms with E-state index < -0.39 is 5.82 Å². The van der Waals surface area contributed by atoms with Gasteiger partial charge in [-0.05, 0) is 44.1 Å². The van der Waals surface area contributed by atoms with Crippen LogP contribution < -0.4 is 5.73 Å². The Labute approximate surface area is 100 Å². The Balaban J connectivity index is 2.37. The van der Waals surface area contributed by atoms with Gasteiger partial charge in [0.2, 0.25) is 0 Å². The molecule has 1 aliphatic heterocycles. The zero-order valence-corrected chi connectivity index (χ0v) is 10.00. The number of piperidine rings is 1. The van der Waals surface area contributed by atoms with Crippen LogP contribution in [0.2, 0.25) is 0 Å². The first-order chi connectivity index (χ1) is 8.13. The Bertz CT molecular complexity index is 395. The Morgan fingerprint density at radius 2 is 2.18 bits per heavy atom.